The molecule has 0 radical (unpaired) electrons. The van der Waals surface area contributed by atoms with E-state index in [9.17, 15) is 19.1 Å². The number of carbonyl (C=O) groups excluding carboxylic acids is 1. The van der Waals surface area contributed by atoms with Gasteiger partial charge in [-0.3, -0.25) is 9.59 Å². The van der Waals surface area contributed by atoms with E-state index in [0.717, 1.165) is 0 Å². The van der Waals surface area contributed by atoms with Crippen LogP contribution in [0.3, 0.4) is 0 Å². The van der Waals surface area contributed by atoms with Crippen molar-refractivity contribution >= 4 is 33.5 Å². The van der Waals surface area contributed by atoms with Gasteiger partial charge in [0.1, 0.15) is 5.82 Å². The van der Waals surface area contributed by atoms with Gasteiger partial charge < -0.3 is 15.2 Å². The van der Waals surface area contributed by atoms with E-state index < -0.39 is 41.7 Å². The Kier molecular flexibility index (Phi) is 3.71. The molecule has 3 rings (SSSR count). The van der Waals surface area contributed by atoms with Crippen LogP contribution in [0.15, 0.2) is 22.7 Å². The van der Waals surface area contributed by atoms with Crippen LogP contribution in [0, 0.1) is 17.7 Å². The molecular weight excluding hydrogens is 345 g/mol. The fourth-order valence-corrected chi connectivity index (χ4v) is 3.46. The van der Waals surface area contributed by atoms with Crippen molar-refractivity contribution in [1.82, 2.24) is 0 Å². The second-order valence-corrected chi connectivity index (χ2v) is 6.21. The van der Waals surface area contributed by atoms with Gasteiger partial charge in [0, 0.05) is 4.47 Å². The third-order valence-electron chi connectivity index (χ3n) is 4.05. The molecular formula is C14H13BrFNO4. The minimum absolute atomic E-state index is 0.0371. The highest BCUT2D eigenvalue weighted by Gasteiger charge is 2.55. The average Bonchev–Trinajstić information content (AvgIpc) is 3.02. The number of ether oxygens (including phenoxy) is 1. The predicted octanol–water partition coefficient (Wildman–Crippen LogP) is 2.40. The first-order valence-electron chi connectivity index (χ1n) is 6.61. The maximum atomic E-state index is 13.7. The normalized spacial score (nSPS) is 30.4. The molecule has 21 heavy (non-hydrogen) atoms. The number of benzene rings is 1. The lowest BCUT2D eigenvalue weighted by Gasteiger charge is -2.23. The molecule has 5 nitrogen and oxygen atoms in total. The van der Waals surface area contributed by atoms with Gasteiger partial charge in [0.15, 0.2) is 0 Å². The number of nitrogens with one attached hydrogen (secondary N) is 1. The van der Waals surface area contributed by atoms with E-state index in [-0.39, 0.29) is 5.69 Å². The molecule has 2 aliphatic rings. The molecule has 1 aromatic rings. The van der Waals surface area contributed by atoms with Gasteiger partial charge in [-0.15, -0.1) is 0 Å². The number of fused-ring (bicyclic) bond motifs is 2. The quantitative estimate of drug-likeness (QED) is 0.870. The highest BCUT2D eigenvalue weighted by molar-refractivity contribution is 9.10. The molecule has 0 spiro atoms. The summed E-state index contributed by atoms with van der Waals surface area (Å²) in [6.07, 6.45) is 0.501. The summed E-state index contributed by atoms with van der Waals surface area (Å²) in [5.41, 5.74) is 0.0371. The van der Waals surface area contributed by atoms with Crippen LogP contribution in [0.2, 0.25) is 0 Å². The Labute approximate surface area is 128 Å². The fraction of sp³-hybridized carbons (Fsp3) is 0.429. The van der Waals surface area contributed by atoms with Crippen molar-refractivity contribution in [3.05, 3.63) is 28.5 Å². The first-order chi connectivity index (χ1) is 9.97. The number of carbonyl (C=O) groups is 2. The molecule has 2 saturated heterocycles. The summed E-state index contributed by atoms with van der Waals surface area (Å²) < 4.78 is 19.8. The monoisotopic (exact) mass is 357 g/mol. The van der Waals surface area contributed by atoms with Gasteiger partial charge in [0.25, 0.3) is 0 Å². The molecule has 0 aliphatic carbocycles. The van der Waals surface area contributed by atoms with Gasteiger partial charge in [0.05, 0.1) is 29.7 Å². The van der Waals surface area contributed by atoms with E-state index in [1.54, 1.807) is 6.07 Å². The van der Waals surface area contributed by atoms with E-state index in [2.05, 4.69) is 21.2 Å². The van der Waals surface area contributed by atoms with Gasteiger partial charge in [0.2, 0.25) is 5.91 Å². The number of amides is 1. The Balaban J connectivity index is 1.80. The Morgan fingerprint density at radius 2 is 1.95 bits per heavy atom. The summed E-state index contributed by atoms with van der Waals surface area (Å²) in [5, 5.41) is 11.7. The molecule has 2 aliphatic heterocycles. The zero-order valence-corrected chi connectivity index (χ0v) is 12.5. The van der Waals surface area contributed by atoms with E-state index in [0.29, 0.717) is 17.3 Å². The van der Waals surface area contributed by atoms with Crippen molar-refractivity contribution in [2.45, 2.75) is 25.0 Å². The molecule has 1 amide bonds. The van der Waals surface area contributed by atoms with Gasteiger partial charge >= 0.3 is 5.97 Å². The Morgan fingerprint density at radius 3 is 2.57 bits per heavy atom. The molecule has 0 aromatic heterocycles. The Morgan fingerprint density at radius 1 is 1.29 bits per heavy atom. The smallest absolute Gasteiger partial charge is 0.310 e. The minimum atomic E-state index is -1.04. The first kappa shape index (κ1) is 14.5. The molecule has 7 heteroatoms. The highest BCUT2D eigenvalue weighted by Crippen LogP contribution is 2.44. The third kappa shape index (κ3) is 2.55. The topological polar surface area (TPSA) is 75.6 Å². The van der Waals surface area contributed by atoms with Crippen molar-refractivity contribution in [1.29, 1.82) is 0 Å². The van der Waals surface area contributed by atoms with Crippen LogP contribution in [-0.4, -0.2) is 29.2 Å². The molecule has 0 unspecified atom stereocenters. The van der Waals surface area contributed by atoms with Crippen molar-refractivity contribution in [2.75, 3.05) is 5.32 Å². The van der Waals surface area contributed by atoms with Crippen LogP contribution in [0.25, 0.3) is 0 Å². The van der Waals surface area contributed by atoms with Gasteiger partial charge in [-0.1, -0.05) is 15.9 Å². The summed E-state index contributed by atoms with van der Waals surface area (Å²) >= 11 is 3.13. The van der Waals surface area contributed by atoms with Crippen LogP contribution in [0.1, 0.15) is 12.8 Å². The summed E-state index contributed by atoms with van der Waals surface area (Å²) in [6, 6.07) is 4.27. The molecule has 2 N–H and O–H groups in total. The summed E-state index contributed by atoms with van der Waals surface area (Å²) in [6.45, 7) is 0. The average molecular weight is 358 g/mol. The highest BCUT2D eigenvalue weighted by atomic mass is 79.9. The van der Waals surface area contributed by atoms with Crippen molar-refractivity contribution in [2.24, 2.45) is 11.8 Å². The number of hydrogen-bond donors (Lipinski definition) is 2. The molecule has 1 aromatic carbocycles. The van der Waals surface area contributed by atoms with Gasteiger partial charge in [-0.25, -0.2) is 4.39 Å². The largest absolute Gasteiger partial charge is 0.481 e. The van der Waals surface area contributed by atoms with E-state index in [4.69, 9.17) is 4.74 Å². The second-order valence-electron chi connectivity index (χ2n) is 5.29. The number of halogens is 2. The lowest BCUT2D eigenvalue weighted by atomic mass is 9.78. The van der Waals surface area contributed by atoms with Crippen molar-refractivity contribution in [3.8, 4) is 0 Å². The van der Waals surface area contributed by atoms with Gasteiger partial charge in [-0.05, 0) is 31.0 Å². The maximum absolute atomic E-state index is 13.7. The summed E-state index contributed by atoms with van der Waals surface area (Å²) in [7, 11) is 0. The standard InChI is InChI=1S/C14H13BrFNO4/c15-6-1-2-8(7(16)5-6)17-13(18)11-9-3-4-10(21-9)12(11)14(19)20/h1-2,5,9-12H,3-4H2,(H,17,18)(H,19,20)/t9-,10-,11+,12-/m0/s1. The van der Waals surface area contributed by atoms with Crippen LogP contribution in [0.5, 0.6) is 0 Å². The van der Waals surface area contributed by atoms with E-state index in [1.165, 1.54) is 12.1 Å². The molecule has 4 atom stereocenters. The molecule has 2 fully saturated rings. The number of hydrogen-bond acceptors (Lipinski definition) is 3. The lowest BCUT2D eigenvalue weighted by Crippen LogP contribution is -2.41. The number of aliphatic carboxylic acids is 1. The molecule has 2 heterocycles. The zero-order valence-electron chi connectivity index (χ0n) is 10.9. The van der Waals surface area contributed by atoms with Gasteiger partial charge in [-0.2, -0.15) is 0 Å². The SMILES string of the molecule is O=C(O)[C@@H]1[C@H](C(=O)Nc2ccc(Br)cc2F)[C@@H]2CC[C@@H]1O2. The predicted molar refractivity (Wildman–Crippen MR) is 75.2 cm³/mol. The van der Waals surface area contributed by atoms with Crippen LogP contribution < -0.4 is 5.32 Å². The minimum Gasteiger partial charge on any atom is -0.481 e. The summed E-state index contributed by atoms with van der Waals surface area (Å²) in [5.74, 6) is -3.75. The second kappa shape index (κ2) is 5.38. The number of carboxylic acid groups (broad SMARTS) is 1. The van der Waals surface area contributed by atoms with Crippen LogP contribution in [0.4, 0.5) is 10.1 Å². The molecule has 0 saturated carbocycles. The third-order valence-corrected chi connectivity index (χ3v) is 4.54. The first-order valence-corrected chi connectivity index (χ1v) is 7.41. The maximum Gasteiger partial charge on any atom is 0.310 e. The number of anilines is 1. The number of rotatable bonds is 3. The zero-order chi connectivity index (χ0) is 15.1. The molecule has 112 valence electrons. The molecule has 2 bridgehead atoms. The van der Waals surface area contributed by atoms with Crippen LogP contribution >= 0.6 is 15.9 Å². The Bertz CT molecular complexity index is 609. The lowest BCUT2D eigenvalue weighted by molar-refractivity contribution is -0.147. The van der Waals surface area contributed by atoms with Crippen molar-refractivity contribution in [3.63, 3.8) is 0 Å². The Hall–Kier alpha value is -1.47. The van der Waals surface area contributed by atoms with E-state index in [1.807, 2.05) is 0 Å². The summed E-state index contributed by atoms with van der Waals surface area (Å²) in [4.78, 5) is 23.7. The van der Waals surface area contributed by atoms with E-state index >= 15 is 0 Å². The van der Waals surface area contributed by atoms with Crippen LogP contribution in [-0.2, 0) is 14.3 Å². The van der Waals surface area contributed by atoms with Crippen molar-refractivity contribution < 1.29 is 23.8 Å². The fourth-order valence-electron chi connectivity index (χ4n) is 3.13. The number of carboxylic acids is 1.